The molecule has 0 amide bonds. The third-order valence-electron chi connectivity index (χ3n) is 2.29. The molecule has 0 bridgehead atoms. The molecular weight excluding hydrogens is 246 g/mol. The molecule has 0 fully saturated rings. The lowest BCUT2D eigenvalue weighted by atomic mass is 9.80. The number of hydrogen-bond acceptors (Lipinski definition) is 3. The van der Waals surface area contributed by atoms with E-state index >= 15 is 0 Å². The third kappa shape index (κ3) is 3.02. The van der Waals surface area contributed by atoms with E-state index in [4.69, 9.17) is 4.74 Å². The number of halogens is 3. The summed E-state index contributed by atoms with van der Waals surface area (Å²) in [6.07, 6.45) is 1.67. The van der Waals surface area contributed by atoms with Gasteiger partial charge in [-0.05, 0) is 12.1 Å². The molecule has 0 spiro atoms. The minimum atomic E-state index is -4.96. The Morgan fingerprint density at radius 3 is 2.39 bits per heavy atom. The Labute approximate surface area is 101 Å². The zero-order valence-electron chi connectivity index (χ0n) is 9.55. The molecular formula is C10H10BF3N3O-. The molecule has 1 heterocycles. The van der Waals surface area contributed by atoms with E-state index < -0.39 is 12.4 Å². The van der Waals surface area contributed by atoms with Crippen LogP contribution >= 0.6 is 0 Å². The van der Waals surface area contributed by atoms with Gasteiger partial charge in [0.05, 0.1) is 6.20 Å². The predicted molar refractivity (Wildman–Crippen MR) is 60.5 cm³/mol. The lowest BCUT2D eigenvalue weighted by Crippen LogP contribution is -2.33. The summed E-state index contributed by atoms with van der Waals surface area (Å²) in [5.74, 6) is 0.365. The summed E-state index contributed by atoms with van der Waals surface area (Å²) in [6.45, 7) is -4.78. The topological polar surface area (TPSA) is 39.9 Å². The fourth-order valence-electron chi connectivity index (χ4n) is 1.40. The van der Waals surface area contributed by atoms with Gasteiger partial charge in [0.2, 0.25) is 0 Å². The summed E-state index contributed by atoms with van der Waals surface area (Å²) < 4.78 is 43.9. The number of ether oxygens (including phenoxy) is 1. The number of benzene rings is 1. The minimum absolute atomic E-state index is 0.171. The van der Waals surface area contributed by atoms with Gasteiger partial charge in [-0.1, -0.05) is 17.3 Å². The van der Waals surface area contributed by atoms with Gasteiger partial charge < -0.3 is 17.7 Å². The quantitative estimate of drug-likeness (QED) is 0.777. The summed E-state index contributed by atoms with van der Waals surface area (Å²) in [7, 11) is 1.72. The molecule has 2 aromatic rings. The highest BCUT2D eigenvalue weighted by Crippen LogP contribution is 2.14. The Hall–Kier alpha value is -1.99. The van der Waals surface area contributed by atoms with Crippen molar-refractivity contribution in [3.8, 4) is 5.75 Å². The normalized spacial score (nSPS) is 11.6. The summed E-state index contributed by atoms with van der Waals surface area (Å²) in [5, 5.41) is 7.51. The Morgan fingerprint density at radius 2 is 1.89 bits per heavy atom. The fourth-order valence-corrected chi connectivity index (χ4v) is 1.40. The Morgan fingerprint density at radius 1 is 1.22 bits per heavy atom. The van der Waals surface area contributed by atoms with Gasteiger partial charge in [-0.25, -0.2) is 0 Å². The molecule has 0 aliphatic rings. The van der Waals surface area contributed by atoms with Crippen molar-refractivity contribution in [3.05, 3.63) is 36.2 Å². The van der Waals surface area contributed by atoms with Crippen molar-refractivity contribution in [1.82, 2.24) is 15.0 Å². The van der Waals surface area contributed by atoms with Crippen LogP contribution in [0.15, 0.2) is 30.5 Å². The van der Waals surface area contributed by atoms with E-state index in [1.54, 1.807) is 13.2 Å². The summed E-state index contributed by atoms with van der Waals surface area (Å²) in [4.78, 5) is 0. The van der Waals surface area contributed by atoms with Crippen molar-refractivity contribution in [2.24, 2.45) is 7.05 Å². The van der Waals surface area contributed by atoms with Gasteiger partial charge in [-0.3, -0.25) is 4.68 Å². The van der Waals surface area contributed by atoms with Crippen LogP contribution in [0.25, 0.3) is 0 Å². The number of nitrogens with zero attached hydrogens (tertiary/aromatic N) is 3. The van der Waals surface area contributed by atoms with Crippen LogP contribution in [-0.4, -0.2) is 22.0 Å². The largest absolute Gasteiger partial charge is 0.509 e. The monoisotopic (exact) mass is 256 g/mol. The van der Waals surface area contributed by atoms with Gasteiger partial charge in [0.1, 0.15) is 18.1 Å². The van der Waals surface area contributed by atoms with Crippen LogP contribution in [0.1, 0.15) is 5.69 Å². The Balaban J connectivity index is 1.98. The van der Waals surface area contributed by atoms with E-state index in [9.17, 15) is 12.9 Å². The smallest absolute Gasteiger partial charge is 0.487 e. The molecule has 0 saturated heterocycles. The standard InChI is InChI=1S/C10H10BF3N3O/c1-17-6-9(15-16-17)7-18-10-4-2-8(3-5-10)11(12,13)14/h2-6H,7H2,1H3/q-1. The van der Waals surface area contributed by atoms with Gasteiger partial charge in [0, 0.05) is 7.05 Å². The first kappa shape index (κ1) is 12.5. The van der Waals surface area contributed by atoms with E-state index in [-0.39, 0.29) is 6.61 Å². The lowest BCUT2D eigenvalue weighted by Gasteiger charge is -2.14. The fraction of sp³-hybridized carbons (Fsp3) is 0.200. The SMILES string of the molecule is Cn1cc(COc2ccc([B-](F)(F)F)cc2)nn1. The van der Waals surface area contributed by atoms with Crippen LogP contribution in [0.5, 0.6) is 5.75 Å². The highest BCUT2D eigenvalue weighted by atomic mass is 19.4. The molecule has 8 heteroatoms. The van der Waals surface area contributed by atoms with E-state index in [1.807, 2.05) is 0 Å². The van der Waals surface area contributed by atoms with Crippen LogP contribution in [0.2, 0.25) is 0 Å². The highest BCUT2D eigenvalue weighted by molar-refractivity contribution is 6.73. The average molecular weight is 256 g/mol. The molecule has 0 saturated carbocycles. The van der Waals surface area contributed by atoms with Crippen LogP contribution in [-0.2, 0) is 13.7 Å². The summed E-state index contributed by atoms with van der Waals surface area (Å²) >= 11 is 0. The predicted octanol–water partition coefficient (Wildman–Crippen LogP) is 1.45. The van der Waals surface area contributed by atoms with Crippen molar-refractivity contribution in [3.63, 3.8) is 0 Å². The maximum atomic E-state index is 12.4. The van der Waals surface area contributed by atoms with Crippen LogP contribution in [0.4, 0.5) is 12.9 Å². The van der Waals surface area contributed by atoms with Crippen LogP contribution < -0.4 is 10.2 Å². The molecule has 0 unspecified atom stereocenters. The molecule has 1 aromatic carbocycles. The molecule has 4 nitrogen and oxygen atoms in total. The summed E-state index contributed by atoms with van der Waals surface area (Å²) in [5.41, 5.74) is -0.0246. The maximum Gasteiger partial charge on any atom is 0.509 e. The molecule has 0 N–H and O–H groups in total. The van der Waals surface area contributed by atoms with Crippen molar-refractivity contribution >= 4 is 12.4 Å². The second-order valence-corrected chi connectivity index (χ2v) is 3.82. The number of aromatic nitrogens is 3. The zero-order chi connectivity index (χ0) is 13.2. The first-order valence-corrected chi connectivity index (χ1v) is 5.23. The first-order chi connectivity index (χ1) is 8.45. The molecule has 0 radical (unpaired) electrons. The number of hydrogen-bond donors (Lipinski definition) is 0. The van der Waals surface area contributed by atoms with Gasteiger partial charge in [0.25, 0.3) is 0 Å². The van der Waals surface area contributed by atoms with E-state index in [0.717, 1.165) is 12.1 Å². The number of aryl methyl sites for hydroxylation is 1. The van der Waals surface area contributed by atoms with Crippen molar-refractivity contribution in [1.29, 1.82) is 0 Å². The zero-order valence-corrected chi connectivity index (χ0v) is 9.55. The molecule has 96 valence electrons. The van der Waals surface area contributed by atoms with Crippen LogP contribution in [0, 0.1) is 0 Å². The number of rotatable bonds is 4. The van der Waals surface area contributed by atoms with E-state index in [0.29, 0.717) is 11.4 Å². The molecule has 1 aromatic heterocycles. The first-order valence-electron chi connectivity index (χ1n) is 5.23. The third-order valence-corrected chi connectivity index (χ3v) is 2.29. The lowest BCUT2D eigenvalue weighted by molar-refractivity contribution is 0.301. The second-order valence-electron chi connectivity index (χ2n) is 3.82. The molecule has 0 atom stereocenters. The molecule has 18 heavy (non-hydrogen) atoms. The van der Waals surface area contributed by atoms with E-state index in [2.05, 4.69) is 10.3 Å². The van der Waals surface area contributed by atoms with Gasteiger partial charge in [-0.2, -0.15) is 0 Å². The van der Waals surface area contributed by atoms with Gasteiger partial charge >= 0.3 is 6.98 Å². The van der Waals surface area contributed by atoms with Crippen molar-refractivity contribution in [2.45, 2.75) is 6.61 Å². The van der Waals surface area contributed by atoms with E-state index in [1.165, 1.54) is 16.8 Å². The average Bonchev–Trinajstić information content (AvgIpc) is 2.72. The molecule has 0 aliphatic heterocycles. The second kappa shape index (κ2) is 4.71. The van der Waals surface area contributed by atoms with Crippen molar-refractivity contribution in [2.75, 3.05) is 0 Å². The Kier molecular flexibility index (Phi) is 3.27. The van der Waals surface area contributed by atoms with Crippen molar-refractivity contribution < 1.29 is 17.7 Å². The van der Waals surface area contributed by atoms with Crippen LogP contribution in [0.3, 0.4) is 0 Å². The molecule has 2 rings (SSSR count). The Bertz CT molecular complexity index is 524. The highest BCUT2D eigenvalue weighted by Gasteiger charge is 2.24. The minimum Gasteiger partial charge on any atom is -0.487 e. The maximum absolute atomic E-state index is 12.4. The summed E-state index contributed by atoms with van der Waals surface area (Å²) in [6, 6.07) is 4.60. The van der Waals surface area contributed by atoms with Gasteiger partial charge in [0.15, 0.2) is 0 Å². The molecule has 0 aliphatic carbocycles. The van der Waals surface area contributed by atoms with Gasteiger partial charge in [-0.15, -0.1) is 10.6 Å².